The average molecular weight is 1070 g/mol. The molecule has 8 aromatic rings. The first kappa shape index (κ1) is 56.6. The van der Waals surface area contributed by atoms with Gasteiger partial charge in [0.2, 0.25) is 0 Å². The molecule has 10 rings (SSSR count). The summed E-state index contributed by atoms with van der Waals surface area (Å²) in [6.07, 6.45) is 14.4. The van der Waals surface area contributed by atoms with Gasteiger partial charge in [-0.1, -0.05) is 0 Å². The van der Waals surface area contributed by atoms with E-state index in [2.05, 4.69) is 39.1 Å². The van der Waals surface area contributed by atoms with E-state index in [1.807, 2.05) is 87.2 Å². The predicted octanol–water partition coefficient (Wildman–Crippen LogP) is 10.3. The van der Waals surface area contributed by atoms with Gasteiger partial charge in [-0.3, -0.25) is 24.4 Å². The first-order valence-electron chi connectivity index (χ1n) is 26.1. The second-order valence-electron chi connectivity index (χ2n) is 20.8. The van der Waals surface area contributed by atoms with Crippen LogP contribution in [0.3, 0.4) is 0 Å². The third-order valence-electron chi connectivity index (χ3n) is 13.3. The van der Waals surface area contributed by atoms with E-state index in [9.17, 15) is 19.2 Å². The molecule has 0 unspecified atom stereocenters. The number of amides is 1. The molecule has 408 valence electrons. The Morgan fingerprint density at radius 3 is 1.54 bits per heavy atom. The fourth-order valence-corrected chi connectivity index (χ4v) is 8.99. The van der Waals surface area contributed by atoms with E-state index in [1.165, 1.54) is 18.3 Å². The SMILES string of the molecule is CC1(C)COCCN1.Cc1cc(-c2ccc(C(=O)N3CCOCC3(C)C)cn2)cc2cc(CCC(=O)/C=C/c3ccc(N)nc3)oc12.Cc1cc(-c2ccc(C(=O)O)cn2)cc2cc(CCC(=O)/C=C/c3ccc(N)nc3)oc12. The van der Waals surface area contributed by atoms with Gasteiger partial charge in [0.1, 0.15) is 34.3 Å². The van der Waals surface area contributed by atoms with Crippen LogP contribution >= 0.6 is 0 Å². The van der Waals surface area contributed by atoms with Gasteiger partial charge in [-0.2, -0.15) is 0 Å². The molecular weight excluding hydrogens is 1000 g/mol. The summed E-state index contributed by atoms with van der Waals surface area (Å²) in [6, 6.07) is 25.8. The Hall–Kier alpha value is -8.64. The molecule has 2 saturated heterocycles. The number of ketones is 2. The number of morpholine rings is 2. The van der Waals surface area contributed by atoms with Crippen molar-refractivity contribution in [1.29, 1.82) is 0 Å². The van der Waals surface area contributed by atoms with Crippen molar-refractivity contribution in [3.05, 3.63) is 167 Å². The van der Waals surface area contributed by atoms with Crippen LogP contribution in [0, 0.1) is 13.8 Å². The number of furan rings is 2. The van der Waals surface area contributed by atoms with Gasteiger partial charge in [0.25, 0.3) is 5.91 Å². The molecule has 8 heterocycles. The molecular formula is C62H66N8O9. The Balaban J connectivity index is 0.000000185. The highest BCUT2D eigenvalue weighted by Crippen LogP contribution is 2.32. The van der Waals surface area contributed by atoms with Gasteiger partial charge in [0.15, 0.2) is 11.6 Å². The number of carbonyl (C=O) groups is 4. The lowest BCUT2D eigenvalue weighted by molar-refractivity contribution is -0.115. The number of hydrogen-bond acceptors (Lipinski definition) is 15. The summed E-state index contributed by atoms with van der Waals surface area (Å²) in [4.78, 5) is 67.5. The zero-order chi connectivity index (χ0) is 56.3. The number of carboxylic acid groups (broad SMARTS) is 1. The summed E-state index contributed by atoms with van der Waals surface area (Å²) in [5.41, 5.74) is 20.1. The van der Waals surface area contributed by atoms with Crippen LogP contribution in [0.15, 0.2) is 131 Å². The van der Waals surface area contributed by atoms with Crippen LogP contribution in [0.1, 0.15) is 95.0 Å². The van der Waals surface area contributed by atoms with Crippen molar-refractivity contribution < 1.29 is 42.6 Å². The van der Waals surface area contributed by atoms with E-state index in [-0.39, 0.29) is 34.1 Å². The summed E-state index contributed by atoms with van der Waals surface area (Å²) < 4.78 is 22.8. The number of rotatable bonds is 14. The molecule has 1 amide bonds. The molecule has 0 bridgehead atoms. The number of aromatic carboxylic acids is 1. The highest BCUT2D eigenvalue weighted by molar-refractivity contribution is 5.96. The maximum Gasteiger partial charge on any atom is 0.337 e. The Bertz CT molecular complexity index is 3500. The number of benzene rings is 2. The van der Waals surface area contributed by atoms with Gasteiger partial charge in [-0.05, 0) is 173 Å². The highest BCUT2D eigenvalue weighted by atomic mass is 16.5. The van der Waals surface area contributed by atoms with Gasteiger partial charge in [-0.25, -0.2) is 14.8 Å². The lowest BCUT2D eigenvalue weighted by Crippen LogP contribution is -2.55. The lowest BCUT2D eigenvalue weighted by atomic mass is 10.0. The van der Waals surface area contributed by atoms with Crippen molar-refractivity contribution in [2.45, 2.75) is 78.3 Å². The molecule has 6 aromatic heterocycles. The third-order valence-corrected chi connectivity index (χ3v) is 13.3. The Morgan fingerprint density at radius 1 is 0.633 bits per heavy atom. The zero-order valence-electron chi connectivity index (χ0n) is 45.4. The highest BCUT2D eigenvalue weighted by Gasteiger charge is 2.34. The molecule has 17 heteroatoms. The number of aryl methyl sites for hydroxylation is 4. The number of nitrogens with one attached hydrogen (secondary N) is 1. The molecule has 2 fully saturated rings. The monoisotopic (exact) mass is 1070 g/mol. The largest absolute Gasteiger partial charge is 0.478 e. The molecule has 6 N–H and O–H groups in total. The Labute approximate surface area is 458 Å². The number of carboxylic acids is 1. The van der Waals surface area contributed by atoms with Crippen LogP contribution < -0.4 is 16.8 Å². The molecule has 2 aliphatic heterocycles. The van der Waals surface area contributed by atoms with Gasteiger partial charge in [0, 0.05) is 91.0 Å². The van der Waals surface area contributed by atoms with Crippen molar-refractivity contribution >= 4 is 69.2 Å². The van der Waals surface area contributed by atoms with Crippen molar-refractivity contribution in [3.8, 4) is 22.5 Å². The summed E-state index contributed by atoms with van der Waals surface area (Å²) in [7, 11) is 0. The summed E-state index contributed by atoms with van der Waals surface area (Å²) >= 11 is 0. The smallest absolute Gasteiger partial charge is 0.337 e. The minimum atomic E-state index is -1.01. The topological polar surface area (TPSA) is 252 Å². The summed E-state index contributed by atoms with van der Waals surface area (Å²) in [6.45, 7) is 16.6. The van der Waals surface area contributed by atoms with Crippen LogP contribution in [0.5, 0.6) is 0 Å². The first-order chi connectivity index (χ1) is 37.8. The fourth-order valence-electron chi connectivity index (χ4n) is 8.99. The van der Waals surface area contributed by atoms with Crippen molar-refractivity contribution in [1.82, 2.24) is 30.2 Å². The van der Waals surface area contributed by atoms with Crippen molar-refractivity contribution in [3.63, 3.8) is 0 Å². The summed E-state index contributed by atoms with van der Waals surface area (Å²) in [5, 5.41) is 14.2. The normalized spacial score (nSPS) is 14.9. The number of nitrogens with two attached hydrogens (primary N) is 2. The number of fused-ring (bicyclic) bond motifs is 2. The number of nitrogen functional groups attached to an aromatic ring is 2. The number of nitrogens with zero attached hydrogens (tertiary/aromatic N) is 5. The van der Waals surface area contributed by atoms with E-state index in [0.29, 0.717) is 68.3 Å². The number of pyridine rings is 4. The minimum Gasteiger partial charge on any atom is -0.478 e. The quantitative estimate of drug-likeness (QED) is 0.0739. The molecule has 0 atom stereocenters. The predicted molar refractivity (Wildman–Crippen MR) is 306 cm³/mol. The van der Waals surface area contributed by atoms with Gasteiger partial charge in [-0.15, -0.1) is 0 Å². The molecule has 0 radical (unpaired) electrons. The molecule has 79 heavy (non-hydrogen) atoms. The van der Waals surface area contributed by atoms with Crippen LogP contribution in [-0.2, 0) is 31.9 Å². The molecule has 17 nitrogen and oxygen atoms in total. The molecule has 2 aromatic carbocycles. The van der Waals surface area contributed by atoms with Crippen LogP contribution in [0.2, 0.25) is 0 Å². The molecule has 0 spiro atoms. The maximum atomic E-state index is 13.1. The van der Waals surface area contributed by atoms with Gasteiger partial charge in [0.05, 0.1) is 54.5 Å². The molecule has 2 aliphatic rings. The summed E-state index contributed by atoms with van der Waals surface area (Å²) in [5.74, 6) is 1.30. The van der Waals surface area contributed by atoms with E-state index in [1.54, 1.807) is 61.1 Å². The number of aromatic nitrogens is 4. The van der Waals surface area contributed by atoms with Crippen molar-refractivity contribution in [2.24, 2.45) is 0 Å². The minimum absolute atomic E-state index is 0.00370. The lowest BCUT2D eigenvalue weighted by Gasteiger charge is -2.42. The third kappa shape index (κ3) is 15.3. The van der Waals surface area contributed by atoms with Gasteiger partial charge < -0.3 is 45.1 Å². The number of hydrogen-bond donors (Lipinski definition) is 4. The Kier molecular flexibility index (Phi) is 18.1. The van der Waals surface area contributed by atoms with Gasteiger partial charge >= 0.3 is 5.97 Å². The van der Waals surface area contributed by atoms with Crippen LogP contribution in [0.4, 0.5) is 11.6 Å². The van der Waals surface area contributed by atoms with Crippen molar-refractivity contribution in [2.75, 3.05) is 51.0 Å². The van der Waals surface area contributed by atoms with E-state index < -0.39 is 5.97 Å². The number of anilines is 2. The Morgan fingerprint density at radius 2 is 1.14 bits per heavy atom. The van der Waals surface area contributed by atoms with E-state index >= 15 is 0 Å². The molecule has 0 saturated carbocycles. The maximum absolute atomic E-state index is 13.1. The molecule has 0 aliphatic carbocycles. The first-order valence-corrected chi connectivity index (χ1v) is 26.1. The van der Waals surface area contributed by atoms with E-state index in [0.717, 1.165) is 92.3 Å². The number of carbonyl (C=O) groups excluding carboxylic acids is 3. The van der Waals surface area contributed by atoms with Crippen LogP contribution in [0.25, 0.3) is 56.6 Å². The zero-order valence-corrected chi connectivity index (χ0v) is 45.4. The standard InChI is InChI=1S/C31H32N4O4.C25H21N3O4.C6H13NO/c1-20-14-23(27-10-6-22(18-33-27)30(37)35-12-13-38-19-31(35,2)3)15-24-16-26(39-29(20)24)9-8-25(36)7-4-21-5-11-28(32)34-17-21;1-15-10-18(22-8-4-17(14-27-22)25(30)31)11-19-12-21(32-24(15)19)7-6-20(29)5-2-16-3-9-23(26)28-13-16;1-6(2)5-8-4-3-7-6/h4-7,10-11,14-18H,8-9,12-13,19H2,1-3H3,(H2,32,34);2-5,8-14H,6-7H2,1H3,(H2,26,28)(H,30,31);7H,3-5H2,1-2H3/b7-4+;5-2+;. The number of allylic oxidation sites excluding steroid dienone is 2. The second-order valence-corrected chi connectivity index (χ2v) is 20.8. The van der Waals surface area contributed by atoms with E-state index in [4.69, 9.17) is 34.9 Å². The average Bonchev–Trinajstić information content (AvgIpc) is 4.15. The fraction of sp³-hybridized carbons (Fsp3) is 0.290. The number of ether oxygens (including phenoxy) is 2. The second kappa shape index (κ2) is 25.2. The van der Waals surface area contributed by atoms with Crippen LogP contribution in [-0.4, -0.2) is 104 Å².